The molecule has 0 aliphatic carbocycles. The molecule has 0 aliphatic heterocycles. The number of nitrogens with zero attached hydrogens (tertiary/aromatic N) is 1. The molecule has 0 bridgehead atoms. The van der Waals surface area contributed by atoms with Gasteiger partial charge < -0.3 is 10.6 Å². The number of carbonyl (C=O) groups is 1. The molecular formula is C12H19N3O. The molecule has 1 rings (SSSR count). The summed E-state index contributed by atoms with van der Waals surface area (Å²) in [6, 6.07) is 5.36. The molecule has 2 N–H and O–H groups in total. The highest BCUT2D eigenvalue weighted by atomic mass is 16.1. The van der Waals surface area contributed by atoms with Gasteiger partial charge in [0.25, 0.3) is 5.91 Å². The zero-order valence-corrected chi connectivity index (χ0v) is 10.1. The van der Waals surface area contributed by atoms with E-state index in [1.807, 2.05) is 12.1 Å². The van der Waals surface area contributed by atoms with Crippen LogP contribution < -0.4 is 10.6 Å². The minimum absolute atomic E-state index is 0.114. The normalized spacial score (nSPS) is 11.9. The van der Waals surface area contributed by atoms with Gasteiger partial charge in [0.1, 0.15) is 11.5 Å². The second kappa shape index (κ2) is 6.10. The Kier molecular flexibility index (Phi) is 4.76. The van der Waals surface area contributed by atoms with Crippen LogP contribution in [0.2, 0.25) is 0 Å². The van der Waals surface area contributed by atoms with E-state index in [9.17, 15) is 4.79 Å². The maximum Gasteiger partial charge on any atom is 0.269 e. The maximum atomic E-state index is 11.7. The van der Waals surface area contributed by atoms with E-state index in [1.165, 1.54) is 0 Å². The van der Waals surface area contributed by atoms with Gasteiger partial charge in [-0.1, -0.05) is 26.3 Å². The molecule has 1 aromatic heterocycles. The van der Waals surface area contributed by atoms with E-state index >= 15 is 0 Å². The molecule has 0 radical (unpaired) electrons. The summed E-state index contributed by atoms with van der Waals surface area (Å²) in [5.41, 5.74) is 0.454. The fraction of sp³-hybridized carbons (Fsp3) is 0.500. The van der Waals surface area contributed by atoms with E-state index in [4.69, 9.17) is 0 Å². The summed E-state index contributed by atoms with van der Waals surface area (Å²) < 4.78 is 0. The first-order valence-corrected chi connectivity index (χ1v) is 5.60. The van der Waals surface area contributed by atoms with Crippen molar-refractivity contribution in [3.63, 3.8) is 0 Å². The van der Waals surface area contributed by atoms with E-state index in [2.05, 4.69) is 29.5 Å². The van der Waals surface area contributed by atoms with Crippen molar-refractivity contribution in [3.8, 4) is 0 Å². The first-order chi connectivity index (χ1) is 7.67. The highest BCUT2D eigenvalue weighted by Gasteiger charge is 2.08. The van der Waals surface area contributed by atoms with Crippen LogP contribution in [-0.4, -0.2) is 24.5 Å². The van der Waals surface area contributed by atoms with E-state index < -0.39 is 0 Å². The van der Waals surface area contributed by atoms with Crippen LogP contribution in [0.15, 0.2) is 18.2 Å². The fourth-order valence-electron chi connectivity index (χ4n) is 1.20. The van der Waals surface area contributed by atoms with Gasteiger partial charge in [-0.15, -0.1) is 0 Å². The fourth-order valence-corrected chi connectivity index (χ4v) is 1.20. The van der Waals surface area contributed by atoms with Crippen molar-refractivity contribution >= 4 is 11.7 Å². The van der Waals surface area contributed by atoms with Gasteiger partial charge >= 0.3 is 0 Å². The van der Waals surface area contributed by atoms with Gasteiger partial charge in [-0.25, -0.2) is 4.98 Å². The van der Waals surface area contributed by atoms with Gasteiger partial charge in [-0.2, -0.15) is 0 Å². The average Bonchev–Trinajstić information content (AvgIpc) is 2.35. The van der Waals surface area contributed by atoms with Crippen molar-refractivity contribution in [2.45, 2.75) is 20.3 Å². The number of nitrogens with one attached hydrogen (secondary N) is 2. The number of carbonyl (C=O) groups excluding carboxylic acids is 1. The molecular weight excluding hydrogens is 202 g/mol. The Balaban J connectivity index is 2.58. The van der Waals surface area contributed by atoms with E-state index in [0.29, 0.717) is 24.0 Å². The van der Waals surface area contributed by atoms with E-state index in [0.717, 1.165) is 6.42 Å². The molecule has 1 unspecified atom stereocenters. The Labute approximate surface area is 96.5 Å². The lowest BCUT2D eigenvalue weighted by atomic mass is 10.1. The van der Waals surface area contributed by atoms with Crippen LogP contribution in [0.3, 0.4) is 0 Å². The number of rotatable bonds is 5. The Morgan fingerprint density at radius 3 is 2.88 bits per heavy atom. The summed E-state index contributed by atoms with van der Waals surface area (Å²) in [6.07, 6.45) is 1.06. The number of anilines is 1. The number of aromatic nitrogens is 1. The van der Waals surface area contributed by atoms with Gasteiger partial charge in [-0.05, 0) is 18.1 Å². The summed E-state index contributed by atoms with van der Waals surface area (Å²) in [6.45, 7) is 4.91. The molecule has 0 spiro atoms. The SMILES string of the molecule is CCC(C)CNC(=O)c1cccc(NC)n1. The van der Waals surface area contributed by atoms with Crippen molar-refractivity contribution < 1.29 is 4.79 Å². The second-order valence-corrected chi connectivity index (χ2v) is 3.88. The predicted molar refractivity (Wildman–Crippen MR) is 65.6 cm³/mol. The molecule has 0 saturated heterocycles. The van der Waals surface area contributed by atoms with Crippen molar-refractivity contribution in [2.75, 3.05) is 18.9 Å². The van der Waals surface area contributed by atoms with E-state index in [-0.39, 0.29) is 5.91 Å². The maximum absolute atomic E-state index is 11.7. The van der Waals surface area contributed by atoms with Crippen molar-refractivity contribution in [3.05, 3.63) is 23.9 Å². The smallest absolute Gasteiger partial charge is 0.269 e. The Hall–Kier alpha value is -1.58. The molecule has 1 heterocycles. The largest absolute Gasteiger partial charge is 0.373 e. The van der Waals surface area contributed by atoms with E-state index in [1.54, 1.807) is 13.1 Å². The minimum Gasteiger partial charge on any atom is -0.373 e. The van der Waals surface area contributed by atoms with Crippen LogP contribution in [0, 0.1) is 5.92 Å². The number of pyridine rings is 1. The van der Waals surface area contributed by atoms with Gasteiger partial charge in [-0.3, -0.25) is 4.79 Å². The summed E-state index contributed by atoms with van der Waals surface area (Å²) in [4.78, 5) is 15.9. The summed E-state index contributed by atoms with van der Waals surface area (Å²) in [5, 5.41) is 5.78. The van der Waals surface area contributed by atoms with Crippen LogP contribution in [0.4, 0.5) is 5.82 Å². The Morgan fingerprint density at radius 1 is 1.50 bits per heavy atom. The lowest BCUT2D eigenvalue weighted by Gasteiger charge is -2.10. The topological polar surface area (TPSA) is 54.0 Å². The summed E-state index contributed by atoms with van der Waals surface area (Å²) in [5.74, 6) is 1.09. The van der Waals surface area contributed by atoms with Crippen LogP contribution in [0.25, 0.3) is 0 Å². The van der Waals surface area contributed by atoms with Crippen molar-refractivity contribution in [2.24, 2.45) is 5.92 Å². The van der Waals surface area contributed by atoms with Crippen molar-refractivity contribution in [1.82, 2.24) is 10.3 Å². The zero-order valence-electron chi connectivity index (χ0n) is 10.1. The molecule has 0 fully saturated rings. The van der Waals surface area contributed by atoms with Crippen LogP contribution in [0.5, 0.6) is 0 Å². The molecule has 0 saturated carbocycles. The minimum atomic E-state index is -0.114. The first kappa shape index (κ1) is 12.5. The third-order valence-electron chi connectivity index (χ3n) is 2.55. The molecule has 1 atom stereocenters. The average molecular weight is 221 g/mol. The van der Waals surface area contributed by atoms with Gasteiger partial charge in [0.05, 0.1) is 0 Å². The quantitative estimate of drug-likeness (QED) is 0.798. The van der Waals surface area contributed by atoms with Crippen molar-refractivity contribution in [1.29, 1.82) is 0 Å². The van der Waals surface area contributed by atoms with Crippen LogP contribution >= 0.6 is 0 Å². The molecule has 4 heteroatoms. The molecule has 0 aliphatic rings. The third-order valence-corrected chi connectivity index (χ3v) is 2.55. The lowest BCUT2D eigenvalue weighted by molar-refractivity contribution is 0.0943. The molecule has 1 amide bonds. The van der Waals surface area contributed by atoms with Gasteiger partial charge in [0.2, 0.25) is 0 Å². The van der Waals surface area contributed by atoms with Crippen LogP contribution in [-0.2, 0) is 0 Å². The Bertz CT molecular complexity index is 352. The zero-order chi connectivity index (χ0) is 12.0. The van der Waals surface area contributed by atoms with Gasteiger partial charge in [0.15, 0.2) is 0 Å². The predicted octanol–water partition coefficient (Wildman–Crippen LogP) is 1.90. The molecule has 4 nitrogen and oxygen atoms in total. The number of hydrogen-bond donors (Lipinski definition) is 2. The molecule has 0 aromatic carbocycles. The second-order valence-electron chi connectivity index (χ2n) is 3.88. The Morgan fingerprint density at radius 2 is 2.25 bits per heavy atom. The standard InChI is InChI=1S/C12H19N3O/c1-4-9(2)8-14-12(16)10-6-5-7-11(13-3)15-10/h5-7,9H,4,8H2,1-3H3,(H,13,15)(H,14,16). The first-order valence-electron chi connectivity index (χ1n) is 5.60. The monoisotopic (exact) mass is 221 g/mol. The summed E-state index contributed by atoms with van der Waals surface area (Å²) in [7, 11) is 1.78. The molecule has 16 heavy (non-hydrogen) atoms. The number of hydrogen-bond acceptors (Lipinski definition) is 3. The lowest BCUT2D eigenvalue weighted by Crippen LogP contribution is -2.28. The number of amides is 1. The van der Waals surface area contributed by atoms with Gasteiger partial charge in [0, 0.05) is 13.6 Å². The molecule has 1 aromatic rings. The third kappa shape index (κ3) is 3.53. The molecule has 88 valence electrons. The highest BCUT2D eigenvalue weighted by Crippen LogP contribution is 2.04. The summed E-state index contributed by atoms with van der Waals surface area (Å²) >= 11 is 0. The highest BCUT2D eigenvalue weighted by molar-refractivity contribution is 5.92. The van der Waals surface area contributed by atoms with Crippen LogP contribution in [0.1, 0.15) is 30.8 Å².